The molecular weight excluding hydrogens is 372 g/mol. The number of non-ortho nitro benzene ring substituents is 1. The number of nitro benzene ring substituents is 1. The van der Waals surface area contributed by atoms with Gasteiger partial charge in [0.2, 0.25) is 0 Å². The first-order valence-electron chi connectivity index (χ1n) is 8.67. The monoisotopic (exact) mass is 388 g/mol. The average Bonchev–Trinajstić information content (AvgIpc) is 2.71. The number of nitro groups is 1. The molecule has 6 nitrogen and oxygen atoms in total. The van der Waals surface area contributed by atoms with Gasteiger partial charge in [-0.05, 0) is 42.0 Å². The summed E-state index contributed by atoms with van der Waals surface area (Å²) in [6.45, 7) is 0.530. The minimum absolute atomic E-state index is 0.0409. The first-order chi connectivity index (χ1) is 13.6. The number of nitrogens with one attached hydrogen (secondary N) is 2. The third-order valence-electron chi connectivity index (χ3n) is 4.46. The van der Waals surface area contributed by atoms with Crippen molar-refractivity contribution >= 4 is 50.5 Å². The Bertz CT molecular complexity index is 1140. The quantitative estimate of drug-likeness (QED) is 0.227. The maximum Gasteiger partial charge on any atom is 0.269 e. The van der Waals surface area contributed by atoms with E-state index in [0.717, 1.165) is 27.4 Å². The van der Waals surface area contributed by atoms with Gasteiger partial charge in [0, 0.05) is 35.1 Å². The van der Waals surface area contributed by atoms with E-state index in [9.17, 15) is 10.1 Å². The van der Waals surface area contributed by atoms with Crippen molar-refractivity contribution in [1.29, 1.82) is 0 Å². The van der Waals surface area contributed by atoms with Crippen LogP contribution in [-0.4, -0.2) is 15.0 Å². The molecule has 0 saturated carbocycles. The van der Waals surface area contributed by atoms with Crippen molar-refractivity contribution in [1.82, 2.24) is 10.3 Å². The summed E-state index contributed by atoms with van der Waals surface area (Å²) in [4.78, 5) is 15.0. The Labute approximate surface area is 166 Å². The molecule has 0 spiro atoms. The number of aromatic nitrogens is 1. The zero-order valence-corrected chi connectivity index (χ0v) is 15.6. The second-order valence-electron chi connectivity index (χ2n) is 6.24. The summed E-state index contributed by atoms with van der Waals surface area (Å²) in [7, 11) is 0. The Hall–Kier alpha value is -3.58. The molecule has 138 valence electrons. The van der Waals surface area contributed by atoms with Crippen LogP contribution in [0.2, 0.25) is 0 Å². The molecule has 28 heavy (non-hydrogen) atoms. The van der Waals surface area contributed by atoms with E-state index < -0.39 is 4.92 Å². The molecule has 0 fully saturated rings. The van der Waals surface area contributed by atoms with E-state index in [1.165, 1.54) is 12.1 Å². The van der Waals surface area contributed by atoms with Crippen LogP contribution in [0.4, 0.5) is 11.4 Å². The normalized spacial score (nSPS) is 10.7. The lowest BCUT2D eigenvalue weighted by Gasteiger charge is -2.14. The van der Waals surface area contributed by atoms with Crippen molar-refractivity contribution in [2.24, 2.45) is 0 Å². The van der Waals surface area contributed by atoms with Gasteiger partial charge >= 0.3 is 0 Å². The largest absolute Gasteiger partial charge is 0.358 e. The molecular formula is C21H16N4O2S. The molecule has 0 aliphatic carbocycles. The maximum absolute atomic E-state index is 10.7. The van der Waals surface area contributed by atoms with Crippen LogP contribution in [0.1, 0.15) is 5.56 Å². The van der Waals surface area contributed by atoms with Crippen LogP contribution < -0.4 is 10.6 Å². The minimum Gasteiger partial charge on any atom is -0.358 e. The molecule has 7 heteroatoms. The molecule has 0 unspecified atom stereocenters. The van der Waals surface area contributed by atoms with Crippen molar-refractivity contribution in [3.8, 4) is 0 Å². The number of nitrogens with zero attached hydrogens (tertiary/aromatic N) is 2. The average molecular weight is 388 g/mol. The van der Waals surface area contributed by atoms with Gasteiger partial charge in [0.05, 0.1) is 16.0 Å². The fourth-order valence-electron chi connectivity index (χ4n) is 3.13. The number of fused-ring (bicyclic) bond motifs is 2. The highest BCUT2D eigenvalue weighted by Gasteiger charge is 2.09. The predicted molar refractivity (Wildman–Crippen MR) is 115 cm³/mol. The fourth-order valence-corrected chi connectivity index (χ4v) is 3.32. The molecule has 0 radical (unpaired) electrons. The maximum atomic E-state index is 10.7. The van der Waals surface area contributed by atoms with Gasteiger partial charge in [-0.25, -0.2) is 4.98 Å². The van der Waals surface area contributed by atoms with Crippen molar-refractivity contribution in [3.05, 3.63) is 88.5 Å². The number of pyridine rings is 1. The SMILES string of the molecule is O=[N+]([O-])c1ccc(NC(=S)NCc2c3ccccc3nc3ccccc23)cc1. The Kier molecular flexibility index (Phi) is 4.82. The Morgan fingerprint density at radius 1 is 0.929 bits per heavy atom. The molecule has 4 rings (SSSR count). The summed E-state index contributed by atoms with van der Waals surface area (Å²) >= 11 is 5.39. The molecule has 0 atom stereocenters. The third-order valence-corrected chi connectivity index (χ3v) is 4.71. The second-order valence-corrected chi connectivity index (χ2v) is 6.64. The van der Waals surface area contributed by atoms with E-state index in [0.29, 0.717) is 17.3 Å². The lowest BCUT2D eigenvalue weighted by Crippen LogP contribution is -2.28. The first-order valence-corrected chi connectivity index (χ1v) is 9.08. The van der Waals surface area contributed by atoms with Gasteiger partial charge in [-0.1, -0.05) is 36.4 Å². The lowest BCUT2D eigenvalue weighted by molar-refractivity contribution is -0.384. The number of rotatable bonds is 4. The van der Waals surface area contributed by atoms with Crippen molar-refractivity contribution in [3.63, 3.8) is 0 Å². The van der Waals surface area contributed by atoms with Crippen molar-refractivity contribution < 1.29 is 4.92 Å². The summed E-state index contributed by atoms with van der Waals surface area (Å²) in [5, 5.41) is 19.6. The summed E-state index contributed by atoms with van der Waals surface area (Å²) < 4.78 is 0. The molecule has 0 aliphatic rings. The van der Waals surface area contributed by atoms with Gasteiger partial charge < -0.3 is 10.6 Å². The molecule has 0 amide bonds. The number of para-hydroxylation sites is 2. The van der Waals surface area contributed by atoms with E-state index in [2.05, 4.69) is 22.8 Å². The number of thiocarbonyl (C=S) groups is 1. The van der Waals surface area contributed by atoms with Crippen LogP contribution in [0.25, 0.3) is 21.8 Å². The van der Waals surface area contributed by atoms with Crippen molar-refractivity contribution in [2.75, 3.05) is 5.32 Å². The Morgan fingerprint density at radius 3 is 2.07 bits per heavy atom. The topological polar surface area (TPSA) is 80.1 Å². The van der Waals surface area contributed by atoms with Gasteiger partial charge in [-0.15, -0.1) is 0 Å². The van der Waals surface area contributed by atoms with Gasteiger partial charge in [0.25, 0.3) is 5.69 Å². The number of hydrogen-bond donors (Lipinski definition) is 2. The molecule has 1 heterocycles. The van der Waals surface area contributed by atoms with E-state index in [1.807, 2.05) is 36.4 Å². The van der Waals surface area contributed by atoms with E-state index in [1.54, 1.807) is 12.1 Å². The fraction of sp³-hybridized carbons (Fsp3) is 0.0476. The van der Waals surface area contributed by atoms with Crippen molar-refractivity contribution in [2.45, 2.75) is 6.54 Å². The van der Waals surface area contributed by atoms with Gasteiger partial charge in [-0.3, -0.25) is 10.1 Å². The molecule has 3 aromatic carbocycles. The molecule has 1 aromatic heterocycles. The standard InChI is InChI=1S/C21H16N4O2S/c26-25(27)15-11-9-14(10-12-15)23-21(28)22-13-18-16-5-1-3-7-19(16)24-20-8-4-2-6-17(18)20/h1-12H,13H2,(H2,22,23,28). The van der Waals surface area contributed by atoms with E-state index in [4.69, 9.17) is 17.2 Å². The Balaban J connectivity index is 1.56. The summed E-state index contributed by atoms with van der Waals surface area (Å²) in [6, 6.07) is 22.2. The smallest absolute Gasteiger partial charge is 0.269 e. The van der Waals surface area contributed by atoms with E-state index >= 15 is 0 Å². The third kappa shape index (κ3) is 3.60. The van der Waals surface area contributed by atoms with Gasteiger partial charge in [0.1, 0.15) is 0 Å². The summed E-state index contributed by atoms with van der Waals surface area (Å²) in [5.74, 6) is 0. The van der Waals surface area contributed by atoms with Crippen LogP contribution in [0.5, 0.6) is 0 Å². The molecule has 2 N–H and O–H groups in total. The molecule has 0 saturated heterocycles. The van der Waals surface area contributed by atoms with Crippen LogP contribution in [-0.2, 0) is 6.54 Å². The minimum atomic E-state index is -0.431. The summed E-state index contributed by atoms with van der Waals surface area (Å²) in [5.41, 5.74) is 3.72. The molecule has 0 bridgehead atoms. The van der Waals surface area contributed by atoms with Crippen LogP contribution >= 0.6 is 12.2 Å². The number of hydrogen-bond acceptors (Lipinski definition) is 4. The Morgan fingerprint density at radius 2 is 1.50 bits per heavy atom. The zero-order valence-electron chi connectivity index (χ0n) is 14.8. The summed E-state index contributed by atoms with van der Waals surface area (Å²) in [6.07, 6.45) is 0. The predicted octanol–water partition coefficient (Wildman–Crippen LogP) is 4.78. The van der Waals surface area contributed by atoms with E-state index in [-0.39, 0.29) is 5.69 Å². The van der Waals surface area contributed by atoms with Gasteiger partial charge in [0.15, 0.2) is 5.11 Å². The van der Waals surface area contributed by atoms with Crippen LogP contribution in [0.3, 0.4) is 0 Å². The number of anilines is 1. The lowest BCUT2D eigenvalue weighted by atomic mass is 10.0. The van der Waals surface area contributed by atoms with Gasteiger partial charge in [-0.2, -0.15) is 0 Å². The highest BCUT2D eigenvalue weighted by atomic mass is 32.1. The molecule has 0 aliphatic heterocycles. The van der Waals surface area contributed by atoms with Crippen LogP contribution in [0.15, 0.2) is 72.8 Å². The molecule has 4 aromatic rings. The highest BCUT2D eigenvalue weighted by Crippen LogP contribution is 2.25. The highest BCUT2D eigenvalue weighted by molar-refractivity contribution is 7.80. The second kappa shape index (κ2) is 7.58. The zero-order chi connectivity index (χ0) is 19.5. The first kappa shape index (κ1) is 17.8. The number of benzene rings is 3. The van der Waals surface area contributed by atoms with Crippen LogP contribution in [0, 0.1) is 10.1 Å².